The fourth-order valence-corrected chi connectivity index (χ4v) is 1.77. The van der Waals surface area contributed by atoms with Crippen molar-refractivity contribution in [3.8, 4) is 11.5 Å². The van der Waals surface area contributed by atoms with Crippen molar-refractivity contribution in [2.75, 3.05) is 6.54 Å². The highest BCUT2D eigenvalue weighted by atomic mass is 35.5. The molecule has 0 aromatic heterocycles. The molecule has 18 heavy (non-hydrogen) atoms. The highest BCUT2D eigenvalue weighted by Gasteiger charge is 2.07. The molecule has 0 unspecified atom stereocenters. The second-order valence-electron chi connectivity index (χ2n) is 3.84. The first kappa shape index (κ1) is 12.9. The normalized spacial score (nSPS) is 10.4. The number of halogens is 2. The zero-order chi connectivity index (χ0) is 13.0. The first-order chi connectivity index (χ1) is 8.70. The van der Waals surface area contributed by atoms with Crippen LogP contribution in [-0.4, -0.2) is 6.54 Å². The van der Waals surface area contributed by atoms with Crippen LogP contribution in [0.1, 0.15) is 5.56 Å². The lowest BCUT2D eigenvalue weighted by atomic mass is 10.1. The number of benzene rings is 2. The zero-order valence-corrected chi connectivity index (χ0v) is 10.5. The van der Waals surface area contributed by atoms with Crippen LogP contribution in [0.5, 0.6) is 11.5 Å². The molecular weight excluding hydrogens is 253 g/mol. The number of ether oxygens (including phenoxy) is 1. The zero-order valence-electron chi connectivity index (χ0n) is 9.70. The summed E-state index contributed by atoms with van der Waals surface area (Å²) in [5.41, 5.74) is 6.27. The van der Waals surface area contributed by atoms with E-state index in [-0.39, 0.29) is 5.75 Å². The summed E-state index contributed by atoms with van der Waals surface area (Å²) in [4.78, 5) is 0. The first-order valence-corrected chi connectivity index (χ1v) is 5.99. The van der Waals surface area contributed by atoms with Gasteiger partial charge in [-0.05, 0) is 42.8 Å². The molecule has 2 rings (SSSR count). The molecule has 2 nitrogen and oxygen atoms in total. The van der Waals surface area contributed by atoms with Gasteiger partial charge < -0.3 is 10.5 Å². The van der Waals surface area contributed by atoms with Gasteiger partial charge in [0, 0.05) is 0 Å². The Hall–Kier alpha value is -1.58. The topological polar surface area (TPSA) is 35.2 Å². The van der Waals surface area contributed by atoms with Crippen LogP contribution in [0.3, 0.4) is 0 Å². The second-order valence-corrected chi connectivity index (χ2v) is 4.24. The van der Waals surface area contributed by atoms with Gasteiger partial charge >= 0.3 is 0 Å². The van der Waals surface area contributed by atoms with Gasteiger partial charge in [0.15, 0.2) is 11.6 Å². The van der Waals surface area contributed by atoms with Crippen LogP contribution < -0.4 is 10.5 Å². The maximum atomic E-state index is 13.8. The Balaban J connectivity index is 2.22. The molecule has 94 valence electrons. The Morgan fingerprint density at radius 1 is 1.11 bits per heavy atom. The summed E-state index contributed by atoms with van der Waals surface area (Å²) in [6.45, 7) is 0.490. The number of rotatable bonds is 4. The molecule has 4 heteroatoms. The molecule has 0 spiro atoms. The third-order valence-corrected chi connectivity index (χ3v) is 2.80. The molecule has 2 N–H and O–H groups in total. The Morgan fingerprint density at radius 2 is 1.89 bits per heavy atom. The van der Waals surface area contributed by atoms with E-state index in [1.54, 1.807) is 36.4 Å². The van der Waals surface area contributed by atoms with Gasteiger partial charge in [-0.15, -0.1) is 0 Å². The van der Waals surface area contributed by atoms with Gasteiger partial charge in [0.1, 0.15) is 5.75 Å². The minimum Gasteiger partial charge on any atom is -0.453 e. The minimum absolute atomic E-state index is 0.156. The molecule has 2 aromatic rings. The van der Waals surface area contributed by atoms with Crippen LogP contribution in [0.15, 0.2) is 42.5 Å². The number of para-hydroxylation sites is 1. The molecular formula is C14H13ClFNO. The van der Waals surface area contributed by atoms with Crippen LogP contribution in [-0.2, 0) is 6.42 Å². The molecule has 0 atom stereocenters. The quantitative estimate of drug-likeness (QED) is 0.913. The molecule has 0 radical (unpaired) electrons. The Morgan fingerprint density at radius 3 is 2.56 bits per heavy atom. The lowest BCUT2D eigenvalue weighted by molar-refractivity contribution is 0.442. The van der Waals surface area contributed by atoms with E-state index in [0.717, 1.165) is 5.56 Å². The summed E-state index contributed by atoms with van der Waals surface area (Å²) in [6.07, 6.45) is 0.642. The molecule has 0 bridgehead atoms. The van der Waals surface area contributed by atoms with Gasteiger partial charge in [0.2, 0.25) is 0 Å². The molecule has 0 fully saturated rings. The van der Waals surface area contributed by atoms with Crippen LogP contribution in [0.4, 0.5) is 4.39 Å². The lowest BCUT2D eigenvalue weighted by Gasteiger charge is -2.09. The minimum atomic E-state index is -0.416. The second kappa shape index (κ2) is 5.85. The summed E-state index contributed by atoms with van der Waals surface area (Å²) >= 11 is 5.94. The van der Waals surface area contributed by atoms with Crippen LogP contribution in [0.25, 0.3) is 0 Å². The van der Waals surface area contributed by atoms with Crippen LogP contribution in [0.2, 0.25) is 5.02 Å². The van der Waals surface area contributed by atoms with Gasteiger partial charge in [-0.3, -0.25) is 0 Å². The van der Waals surface area contributed by atoms with Crippen molar-refractivity contribution in [3.63, 3.8) is 0 Å². The monoisotopic (exact) mass is 265 g/mol. The molecule has 0 saturated carbocycles. The van der Waals surface area contributed by atoms with E-state index in [1.165, 1.54) is 6.07 Å². The van der Waals surface area contributed by atoms with Gasteiger partial charge in [-0.25, -0.2) is 4.39 Å². The molecule has 0 aliphatic heterocycles. The van der Waals surface area contributed by atoms with Crippen molar-refractivity contribution in [1.29, 1.82) is 0 Å². The highest BCUT2D eigenvalue weighted by molar-refractivity contribution is 6.32. The standard InChI is InChI=1S/C14H13ClFNO/c15-11-3-1-2-4-13(11)18-14-6-5-10(7-8-17)9-12(14)16/h1-6,9H,7-8,17H2. The van der Waals surface area contributed by atoms with Crippen LogP contribution in [0, 0.1) is 5.82 Å². The lowest BCUT2D eigenvalue weighted by Crippen LogP contribution is -2.03. The fraction of sp³-hybridized carbons (Fsp3) is 0.143. The third kappa shape index (κ3) is 3.00. The van der Waals surface area contributed by atoms with E-state index in [2.05, 4.69) is 0 Å². The average molecular weight is 266 g/mol. The Labute approximate surface area is 110 Å². The number of hydrogen-bond acceptors (Lipinski definition) is 2. The van der Waals surface area contributed by atoms with Crippen molar-refractivity contribution in [3.05, 3.63) is 58.9 Å². The summed E-state index contributed by atoms with van der Waals surface area (Å²) < 4.78 is 19.2. The van der Waals surface area contributed by atoms with Gasteiger partial charge in [-0.1, -0.05) is 29.8 Å². The van der Waals surface area contributed by atoms with Crippen molar-refractivity contribution >= 4 is 11.6 Å². The van der Waals surface area contributed by atoms with E-state index in [9.17, 15) is 4.39 Å². The number of nitrogens with two attached hydrogens (primary N) is 1. The molecule has 0 amide bonds. The van der Waals surface area contributed by atoms with E-state index in [1.807, 2.05) is 0 Å². The summed E-state index contributed by atoms with van der Waals surface area (Å²) in [6, 6.07) is 11.8. The van der Waals surface area contributed by atoms with Gasteiger partial charge in [0.05, 0.1) is 5.02 Å². The summed E-state index contributed by atoms with van der Waals surface area (Å²) in [5.74, 6) is 0.175. The van der Waals surface area contributed by atoms with E-state index in [4.69, 9.17) is 22.1 Å². The summed E-state index contributed by atoms with van der Waals surface area (Å²) in [5, 5.41) is 0.447. The summed E-state index contributed by atoms with van der Waals surface area (Å²) in [7, 11) is 0. The van der Waals surface area contributed by atoms with Gasteiger partial charge in [0.25, 0.3) is 0 Å². The Kier molecular flexibility index (Phi) is 4.18. The maximum absolute atomic E-state index is 13.8. The molecule has 0 aliphatic rings. The number of hydrogen-bond donors (Lipinski definition) is 1. The highest BCUT2D eigenvalue weighted by Crippen LogP contribution is 2.30. The third-order valence-electron chi connectivity index (χ3n) is 2.49. The molecule has 0 heterocycles. The molecule has 0 aliphatic carbocycles. The van der Waals surface area contributed by atoms with E-state index >= 15 is 0 Å². The van der Waals surface area contributed by atoms with Crippen molar-refractivity contribution in [1.82, 2.24) is 0 Å². The van der Waals surface area contributed by atoms with Crippen molar-refractivity contribution in [2.24, 2.45) is 5.73 Å². The predicted octanol–water partition coefficient (Wildman–Crippen LogP) is 3.77. The maximum Gasteiger partial charge on any atom is 0.165 e. The molecule has 2 aromatic carbocycles. The Bertz CT molecular complexity index is 545. The van der Waals surface area contributed by atoms with Crippen molar-refractivity contribution < 1.29 is 9.13 Å². The van der Waals surface area contributed by atoms with Crippen molar-refractivity contribution in [2.45, 2.75) is 6.42 Å². The van der Waals surface area contributed by atoms with E-state index < -0.39 is 5.82 Å². The van der Waals surface area contributed by atoms with Gasteiger partial charge in [-0.2, -0.15) is 0 Å². The SMILES string of the molecule is NCCc1ccc(Oc2ccccc2Cl)c(F)c1. The predicted molar refractivity (Wildman–Crippen MR) is 70.7 cm³/mol. The van der Waals surface area contributed by atoms with E-state index in [0.29, 0.717) is 23.7 Å². The molecule has 0 saturated heterocycles. The smallest absolute Gasteiger partial charge is 0.165 e. The first-order valence-electron chi connectivity index (χ1n) is 5.61. The van der Waals surface area contributed by atoms with Crippen LogP contribution >= 0.6 is 11.6 Å². The average Bonchev–Trinajstić information content (AvgIpc) is 2.35. The fourth-order valence-electron chi connectivity index (χ4n) is 1.60. The largest absolute Gasteiger partial charge is 0.453 e.